The minimum Gasteiger partial charge on any atom is -0.406 e. The third kappa shape index (κ3) is 7.14. The lowest BCUT2D eigenvalue weighted by molar-refractivity contribution is -0.165. The molecule has 174 valence electrons. The van der Waals surface area contributed by atoms with Gasteiger partial charge in [0.1, 0.15) is 5.60 Å². The highest BCUT2D eigenvalue weighted by atomic mass is 32.2. The van der Waals surface area contributed by atoms with Crippen LogP contribution in [0.5, 0.6) is 0 Å². The summed E-state index contributed by atoms with van der Waals surface area (Å²) < 4.78 is 48.4. The Balaban J connectivity index is 2.06. The molecule has 1 aromatic rings. The molecule has 0 unspecified atom stereocenters. The third-order valence-electron chi connectivity index (χ3n) is 5.78. The first kappa shape index (κ1) is 26.0. The summed E-state index contributed by atoms with van der Waals surface area (Å²) in [5, 5.41) is 0.112. The maximum Gasteiger partial charge on any atom is 0.297 e. The Morgan fingerprint density at radius 1 is 1.13 bits per heavy atom. The quantitative estimate of drug-likeness (QED) is 0.330. The first-order chi connectivity index (χ1) is 14.1. The van der Waals surface area contributed by atoms with Crippen LogP contribution in [0, 0.1) is 18.8 Å². The summed E-state index contributed by atoms with van der Waals surface area (Å²) in [5.41, 5.74) is 0.00510. The molecule has 0 N–H and O–H groups in total. The number of ether oxygens (including phenoxy) is 2. The van der Waals surface area contributed by atoms with Crippen molar-refractivity contribution in [3.05, 3.63) is 29.8 Å². The molecule has 0 spiro atoms. The van der Waals surface area contributed by atoms with Crippen LogP contribution in [-0.4, -0.2) is 47.9 Å². The Hall–Kier alpha value is -1.21. The van der Waals surface area contributed by atoms with Gasteiger partial charge >= 0.3 is 0 Å². The predicted octanol–water partition coefficient (Wildman–Crippen LogP) is 4.64. The number of hydrogen-bond donors (Lipinski definition) is 0. The largest absolute Gasteiger partial charge is 0.406 e. The summed E-state index contributed by atoms with van der Waals surface area (Å²) in [6.45, 7) is 16.7. The molecule has 8 heteroatoms. The second kappa shape index (κ2) is 9.34. The molecular formula is C23H36O6SSi. The van der Waals surface area contributed by atoms with Crippen molar-refractivity contribution in [2.45, 2.75) is 82.4 Å². The van der Waals surface area contributed by atoms with Gasteiger partial charge in [-0.3, -0.25) is 4.18 Å². The highest BCUT2D eigenvalue weighted by Gasteiger charge is 2.46. The van der Waals surface area contributed by atoms with E-state index in [1.165, 1.54) is 12.1 Å². The van der Waals surface area contributed by atoms with E-state index in [2.05, 4.69) is 45.7 Å². The summed E-state index contributed by atoms with van der Waals surface area (Å²) in [6.07, 6.45) is 0.278. The summed E-state index contributed by atoms with van der Waals surface area (Å²) in [6, 6.07) is 6.53. The fourth-order valence-electron chi connectivity index (χ4n) is 2.76. The van der Waals surface area contributed by atoms with Crippen LogP contribution in [0.1, 0.15) is 46.6 Å². The van der Waals surface area contributed by atoms with Crippen molar-refractivity contribution in [1.29, 1.82) is 0 Å². The third-order valence-corrected chi connectivity index (χ3v) is 11.5. The van der Waals surface area contributed by atoms with Crippen LogP contribution in [-0.2, 0) is 28.2 Å². The van der Waals surface area contributed by atoms with Crippen molar-refractivity contribution in [2.75, 3.05) is 19.8 Å². The Morgan fingerprint density at radius 3 is 2.26 bits per heavy atom. The minimum absolute atomic E-state index is 0.111. The number of rotatable bonds is 7. The molecule has 1 aliphatic heterocycles. The van der Waals surface area contributed by atoms with E-state index in [4.69, 9.17) is 18.1 Å². The SMILES string of the molecule is Cc1ccc(S(=O)(=O)OC[C@]2(CC#CCO[Si](C)(C)C(C)(C)C)COC(C)(C)O2)cc1. The maximum atomic E-state index is 12.6. The lowest BCUT2D eigenvalue weighted by Gasteiger charge is -2.35. The van der Waals surface area contributed by atoms with Crippen molar-refractivity contribution in [3.63, 3.8) is 0 Å². The Kier molecular flexibility index (Phi) is 7.84. The molecule has 1 fully saturated rings. The van der Waals surface area contributed by atoms with Gasteiger partial charge in [-0.25, -0.2) is 0 Å². The molecule has 0 saturated carbocycles. The molecule has 1 heterocycles. The van der Waals surface area contributed by atoms with E-state index >= 15 is 0 Å². The van der Waals surface area contributed by atoms with Crippen LogP contribution in [0.2, 0.25) is 18.1 Å². The van der Waals surface area contributed by atoms with Crippen LogP contribution in [0.15, 0.2) is 29.2 Å². The Morgan fingerprint density at radius 2 is 1.74 bits per heavy atom. The van der Waals surface area contributed by atoms with E-state index in [1.54, 1.807) is 26.0 Å². The molecule has 2 rings (SSSR count). The highest BCUT2D eigenvalue weighted by Crippen LogP contribution is 2.36. The second-order valence-electron chi connectivity index (χ2n) is 10.1. The summed E-state index contributed by atoms with van der Waals surface area (Å²) in [7, 11) is -5.79. The predicted molar refractivity (Wildman–Crippen MR) is 124 cm³/mol. The molecule has 0 bridgehead atoms. The zero-order valence-electron chi connectivity index (χ0n) is 20.0. The van der Waals surface area contributed by atoms with Crippen molar-refractivity contribution in [3.8, 4) is 11.8 Å². The Labute approximate surface area is 188 Å². The van der Waals surface area contributed by atoms with Gasteiger partial charge < -0.3 is 13.9 Å². The van der Waals surface area contributed by atoms with Gasteiger partial charge in [0.15, 0.2) is 14.1 Å². The molecular weight excluding hydrogens is 432 g/mol. The van der Waals surface area contributed by atoms with Crippen LogP contribution < -0.4 is 0 Å². The topological polar surface area (TPSA) is 71.1 Å². The van der Waals surface area contributed by atoms with Crippen LogP contribution in [0.4, 0.5) is 0 Å². The fourth-order valence-corrected chi connectivity index (χ4v) is 4.60. The molecule has 0 radical (unpaired) electrons. The normalized spacial score (nSPS) is 21.5. The van der Waals surface area contributed by atoms with Crippen LogP contribution >= 0.6 is 0 Å². The average Bonchev–Trinajstić information content (AvgIpc) is 2.95. The van der Waals surface area contributed by atoms with E-state index in [-0.39, 0.29) is 29.6 Å². The molecule has 1 aliphatic rings. The lowest BCUT2D eigenvalue weighted by atomic mass is 10.0. The fraction of sp³-hybridized carbons (Fsp3) is 0.652. The average molecular weight is 469 g/mol. The van der Waals surface area contributed by atoms with Gasteiger partial charge in [-0.15, -0.1) is 0 Å². The Bertz CT molecular complexity index is 920. The molecule has 0 amide bonds. The number of benzene rings is 1. The first-order valence-corrected chi connectivity index (χ1v) is 14.8. The van der Waals surface area contributed by atoms with E-state index in [0.29, 0.717) is 6.61 Å². The molecule has 0 aromatic heterocycles. The minimum atomic E-state index is -3.91. The summed E-state index contributed by atoms with van der Waals surface area (Å²) >= 11 is 0. The lowest BCUT2D eigenvalue weighted by Crippen LogP contribution is -2.41. The maximum absolute atomic E-state index is 12.6. The van der Waals surface area contributed by atoms with E-state index < -0.39 is 29.8 Å². The number of hydrogen-bond acceptors (Lipinski definition) is 6. The molecule has 0 aliphatic carbocycles. The van der Waals surface area contributed by atoms with Gasteiger partial charge in [0, 0.05) is 6.42 Å². The zero-order valence-corrected chi connectivity index (χ0v) is 21.8. The molecule has 31 heavy (non-hydrogen) atoms. The number of aryl methyl sites for hydroxylation is 1. The molecule has 6 nitrogen and oxygen atoms in total. The van der Waals surface area contributed by atoms with Crippen molar-refractivity contribution < 1.29 is 26.5 Å². The highest BCUT2D eigenvalue weighted by molar-refractivity contribution is 7.86. The molecule has 1 saturated heterocycles. The van der Waals surface area contributed by atoms with Gasteiger partial charge in [0.2, 0.25) is 0 Å². The molecule has 1 aromatic carbocycles. The second-order valence-corrected chi connectivity index (χ2v) is 16.5. The van der Waals surface area contributed by atoms with Crippen molar-refractivity contribution in [2.24, 2.45) is 0 Å². The van der Waals surface area contributed by atoms with Crippen molar-refractivity contribution >= 4 is 18.4 Å². The zero-order chi connectivity index (χ0) is 23.6. The first-order valence-electron chi connectivity index (χ1n) is 10.5. The standard InChI is InChI=1S/C23H36O6SSi/c1-19-11-13-20(14-12-19)30(24,25)27-18-23(17-26-22(5,6)29-23)15-9-10-16-28-31(7,8)21(2,3)4/h11-14H,15-18H2,1-8H3/t23-/m0/s1. The van der Waals surface area contributed by atoms with Gasteiger partial charge in [0.05, 0.1) is 24.7 Å². The van der Waals surface area contributed by atoms with Crippen LogP contribution in [0.3, 0.4) is 0 Å². The van der Waals surface area contributed by atoms with E-state index in [9.17, 15) is 8.42 Å². The molecule has 1 atom stereocenters. The van der Waals surface area contributed by atoms with Crippen LogP contribution in [0.25, 0.3) is 0 Å². The van der Waals surface area contributed by atoms with E-state index in [0.717, 1.165) is 5.56 Å². The summed E-state index contributed by atoms with van der Waals surface area (Å²) in [5.74, 6) is 5.29. The smallest absolute Gasteiger partial charge is 0.297 e. The summed E-state index contributed by atoms with van der Waals surface area (Å²) in [4.78, 5) is 0.111. The monoisotopic (exact) mass is 468 g/mol. The van der Waals surface area contributed by atoms with Gasteiger partial charge in [-0.05, 0) is 51.0 Å². The van der Waals surface area contributed by atoms with Gasteiger partial charge in [-0.1, -0.05) is 50.3 Å². The van der Waals surface area contributed by atoms with Crippen molar-refractivity contribution in [1.82, 2.24) is 0 Å². The van der Waals surface area contributed by atoms with Gasteiger partial charge in [-0.2, -0.15) is 8.42 Å². The van der Waals surface area contributed by atoms with E-state index in [1.807, 2.05) is 6.92 Å². The van der Waals surface area contributed by atoms with Gasteiger partial charge in [0.25, 0.3) is 10.1 Å².